The highest BCUT2D eigenvalue weighted by molar-refractivity contribution is 5.83. The number of aromatic nitrogens is 3. The highest BCUT2D eigenvalue weighted by atomic mass is 19.1. The predicted octanol–water partition coefficient (Wildman–Crippen LogP) is 2.59. The molecule has 7 heteroatoms. The maximum Gasteiger partial charge on any atom is 0.242 e. The Kier molecular flexibility index (Phi) is 5.11. The van der Waals surface area contributed by atoms with Crippen LogP contribution in [0.25, 0.3) is 11.0 Å². The van der Waals surface area contributed by atoms with Gasteiger partial charge >= 0.3 is 0 Å². The van der Waals surface area contributed by atoms with Crippen molar-refractivity contribution in [3.8, 4) is 0 Å². The zero-order valence-electron chi connectivity index (χ0n) is 15.0. The number of imidazole rings is 1. The van der Waals surface area contributed by atoms with Gasteiger partial charge in [-0.2, -0.15) is 0 Å². The van der Waals surface area contributed by atoms with Crippen LogP contribution in [0.4, 0.5) is 4.39 Å². The van der Waals surface area contributed by atoms with Gasteiger partial charge < -0.3 is 10.3 Å². The molecule has 0 unspecified atom stereocenters. The smallest absolute Gasteiger partial charge is 0.242 e. The third kappa shape index (κ3) is 3.98. The van der Waals surface area contributed by atoms with E-state index < -0.39 is 0 Å². The normalized spacial score (nSPS) is 15.9. The van der Waals surface area contributed by atoms with Crippen molar-refractivity contribution in [3.05, 3.63) is 59.9 Å². The monoisotopic (exact) mass is 367 g/mol. The van der Waals surface area contributed by atoms with Gasteiger partial charge in [0.1, 0.15) is 17.7 Å². The molecule has 1 aromatic carbocycles. The lowest BCUT2D eigenvalue weighted by atomic mass is 10.1. The number of hydrogen-bond acceptors (Lipinski definition) is 4. The second-order valence-electron chi connectivity index (χ2n) is 6.82. The summed E-state index contributed by atoms with van der Waals surface area (Å²) in [6, 6.07) is 7.96. The number of carbonyl (C=O) groups excluding carboxylic acids is 1. The van der Waals surface area contributed by atoms with Gasteiger partial charge in [-0.3, -0.25) is 14.7 Å². The molecule has 0 saturated carbocycles. The number of pyridine rings is 1. The number of hydrogen-bond donors (Lipinski definition) is 2. The van der Waals surface area contributed by atoms with Gasteiger partial charge in [-0.1, -0.05) is 6.07 Å². The number of fused-ring (bicyclic) bond motifs is 1. The average molecular weight is 367 g/mol. The number of halogens is 1. The first-order valence-corrected chi connectivity index (χ1v) is 9.26. The third-order valence-corrected chi connectivity index (χ3v) is 4.91. The Morgan fingerprint density at radius 2 is 2.15 bits per heavy atom. The summed E-state index contributed by atoms with van der Waals surface area (Å²) in [5.74, 6) is 0.415. The number of H-pyrrole nitrogens is 1. The van der Waals surface area contributed by atoms with E-state index in [0.717, 1.165) is 42.8 Å². The number of carbonyl (C=O) groups is 1. The van der Waals surface area contributed by atoms with Crippen LogP contribution >= 0.6 is 0 Å². The van der Waals surface area contributed by atoms with Gasteiger partial charge in [0.2, 0.25) is 5.91 Å². The van der Waals surface area contributed by atoms with Gasteiger partial charge in [-0.15, -0.1) is 0 Å². The number of amides is 1. The van der Waals surface area contributed by atoms with Crippen LogP contribution in [0.15, 0.2) is 42.7 Å². The van der Waals surface area contributed by atoms with Crippen LogP contribution in [-0.2, 0) is 11.2 Å². The van der Waals surface area contributed by atoms with E-state index in [4.69, 9.17) is 0 Å². The molecular weight excluding hydrogens is 345 g/mol. The van der Waals surface area contributed by atoms with Crippen molar-refractivity contribution in [1.29, 1.82) is 0 Å². The molecule has 3 heterocycles. The van der Waals surface area contributed by atoms with Crippen LogP contribution in [0, 0.1) is 5.82 Å². The second kappa shape index (κ2) is 7.84. The molecule has 27 heavy (non-hydrogen) atoms. The first kappa shape index (κ1) is 17.6. The van der Waals surface area contributed by atoms with Crippen molar-refractivity contribution >= 4 is 16.9 Å². The lowest BCUT2D eigenvalue weighted by Gasteiger charge is -2.26. The van der Waals surface area contributed by atoms with E-state index in [1.807, 2.05) is 12.1 Å². The zero-order chi connectivity index (χ0) is 18.6. The van der Waals surface area contributed by atoms with Gasteiger partial charge in [-0.25, -0.2) is 9.37 Å². The van der Waals surface area contributed by atoms with Gasteiger partial charge in [0.25, 0.3) is 0 Å². The summed E-state index contributed by atoms with van der Waals surface area (Å²) >= 11 is 0. The minimum atomic E-state index is -0.314. The van der Waals surface area contributed by atoms with E-state index in [2.05, 4.69) is 25.2 Å². The fourth-order valence-corrected chi connectivity index (χ4v) is 3.62. The molecule has 4 rings (SSSR count). The van der Waals surface area contributed by atoms with E-state index in [-0.39, 0.29) is 17.8 Å². The van der Waals surface area contributed by atoms with Gasteiger partial charge in [0.05, 0.1) is 11.0 Å². The Hall–Kier alpha value is -2.80. The Bertz CT molecular complexity index is 921. The Morgan fingerprint density at radius 1 is 1.30 bits per heavy atom. The lowest BCUT2D eigenvalue weighted by Crippen LogP contribution is -2.40. The largest absolute Gasteiger partial charge is 0.354 e. The predicted molar refractivity (Wildman–Crippen MR) is 101 cm³/mol. The highest BCUT2D eigenvalue weighted by Crippen LogP contribution is 2.24. The molecule has 1 fully saturated rings. The molecule has 0 radical (unpaired) electrons. The zero-order valence-corrected chi connectivity index (χ0v) is 15.0. The fourth-order valence-electron chi connectivity index (χ4n) is 3.62. The molecule has 3 aromatic rings. The molecule has 0 bridgehead atoms. The molecule has 6 nitrogen and oxygen atoms in total. The number of likely N-dealkylation sites (tertiary alicyclic amines) is 1. The summed E-state index contributed by atoms with van der Waals surface area (Å²) in [6.45, 7) is 2.30. The van der Waals surface area contributed by atoms with E-state index in [1.54, 1.807) is 18.5 Å². The number of aromatic amines is 1. The maximum atomic E-state index is 13.3. The second-order valence-corrected chi connectivity index (χ2v) is 6.82. The molecule has 1 atom stereocenters. The maximum absolute atomic E-state index is 13.3. The van der Waals surface area contributed by atoms with Crippen LogP contribution in [0.1, 0.15) is 30.3 Å². The molecule has 1 aliphatic rings. The number of rotatable bonds is 6. The van der Waals surface area contributed by atoms with Gasteiger partial charge in [-0.05, 0) is 55.8 Å². The highest BCUT2D eigenvalue weighted by Gasteiger charge is 2.29. The Morgan fingerprint density at radius 3 is 2.93 bits per heavy atom. The van der Waals surface area contributed by atoms with Crippen LogP contribution in [0.3, 0.4) is 0 Å². The number of nitrogens with one attached hydrogen (secondary N) is 2. The van der Waals surface area contributed by atoms with E-state index in [1.165, 1.54) is 12.1 Å². The molecule has 0 aliphatic carbocycles. The van der Waals surface area contributed by atoms with Crippen LogP contribution in [0.5, 0.6) is 0 Å². The summed E-state index contributed by atoms with van der Waals surface area (Å²) in [6.07, 6.45) is 6.25. The number of nitrogens with zero attached hydrogens (tertiary/aromatic N) is 3. The third-order valence-electron chi connectivity index (χ3n) is 4.91. The van der Waals surface area contributed by atoms with Crippen molar-refractivity contribution in [1.82, 2.24) is 25.2 Å². The van der Waals surface area contributed by atoms with Crippen LogP contribution in [0.2, 0.25) is 0 Å². The van der Waals surface area contributed by atoms with Crippen molar-refractivity contribution < 1.29 is 9.18 Å². The van der Waals surface area contributed by atoms with Crippen molar-refractivity contribution in [3.63, 3.8) is 0 Å². The molecule has 140 valence electrons. The minimum absolute atomic E-state index is 0.0212. The Balaban J connectivity index is 1.41. The van der Waals surface area contributed by atoms with Gasteiger partial charge in [0, 0.05) is 25.4 Å². The summed E-state index contributed by atoms with van der Waals surface area (Å²) in [4.78, 5) is 26.8. The number of benzene rings is 1. The lowest BCUT2D eigenvalue weighted by molar-refractivity contribution is -0.126. The summed E-state index contributed by atoms with van der Waals surface area (Å²) in [5.41, 5.74) is 2.31. The first-order chi connectivity index (χ1) is 13.2. The standard InChI is InChI=1S/C20H22FN5O/c21-15-5-6-16-17(12-15)25-18(24-16)7-9-23-20(27)19(26-10-1-2-11-26)14-4-3-8-22-13-14/h3-6,8,12-13,19H,1-2,7,9-11H2,(H,23,27)(H,24,25)/t19-/m0/s1. The molecule has 1 amide bonds. The minimum Gasteiger partial charge on any atom is -0.354 e. The van der Waals surface area contributed by atoms with Gasteiger partial charge in [0.15, 0.2) is 0 Å². The summed E-state index contributed by atoms with van der Waals surface area (Å²) in [7, 11) is 0. The van der Waals surface area contributed by atoms with Crippen molar-refractivity contribution in [2.24, 2.45) is 0 Å². The van der Waals surface area contributed by atoms with E-state index in [9.17, 15) is 9.18 Å². The fraction of sp³-hybridized carbons (Fsp3) is 0.350. The van der Waals surface area contributed by atoms with Crippen LogP contribution in [-0.4, -0.2) is 45.4 Å². The molecule has 0 spiro atoms. The molecule has 1 saturated heterocycles. The quantitative estimate of drug-likeness (QED) is 0.702. The van der Waals surface area contributed by atoms with E-state index in [0.29, 0.717) is 18.5 Å². The molecule has 1 aliphatic heterocycles. The topological polar surface area (TPSA) is 73.9 Å². The molecular formula is C20H22FN5O. The SMILES string of the molecule is O=C(NCCc1nc2ccc(F)cc2[nH]1)[C@H](c1cccnc1)N1CCCC1. The summed E-state index contributed by atoms with van der Waals surface area (Å²) < 4.78 is 13.3. The van der Waals surface area contributed by atoms with Crippen molar-refractivity contribution in [2.75, 3.05) is 19.6 Å². The van der Waals surface area contributed by atoms with E-state index >= 15 is 0 Å². The molecule has 2 N–H and O–H groups in total. The van der Waals surface area contributed by atoms with Crippen molar-refractivity contribution in [2.45, 2.75) is 25.3 Å². The molecule has 2 aromatic heterocycles. The Labute approximate surface area is 156 Å². The van der Waals surface area contributed by atoms with Crippen LogP contribution < -0.4 is 5.32 Å². The first-order valence-electron chi connectivity index (χ1n) is 9.26. The summed E-state index contributed by atoms with van der Waals surface area (Å²) in [5, 5.41) is 3.02. The average Bonchev–Trinajstić information content (AvgIpc) is 3.32.